The number of hydrogen-bond acceptors (Lipinski definition) is 3. The van der Waals surface area contributed by atoms with E-state index < -0.39 is 0 Å². The first-order valence-electron chi connectivity index (χ1n) is 7.93. The van der Waals surface area contributed by atoms with Gasteiger partial charge in [-0.15, -0.1) is 0 Å². The Bertz CT molecular complexity index is 433. The van der Waals surface area contributed by atoms with Gasteiger partial charge in [0.25, 0.3) is 0 Å². The van der Waals surface area contributed by atoms with E-state index in [2.05, 4.69) is 12.2 Å². The lowest BCUT2D eigenvalue weighted by atomic mass is 9.95. The van der Waals surface area contributed by atoms with E-state index in [0.717, 1.165) is 50.1 Å². The lowest BCUT2D eigenvalue weighted by molar-refractivity contribution is 0.00491. The van der Waals surface area contributed by atoms with E-state index in [1.54, 1.807) is 19.2 Å². The molecule has 0 aliphatic carbocycles. The van der Waals surface area contributed by atoms with Crippen molar-refractivity contribution in [3.8, 4) is 5.75 Å². The topological polar surface area (TPSA) is 30.5 Å². The molecule has 1 N–H and O–H groups in total. The largest absolute Gasteiger partial charge is 0.496 e. The molecule has 1 fully saturated rings. The lowest BCUT2D eigenvalue weighted by Gasteiger charge is -2.28. The van der Waals surface area contributed by atoms with Crippen LogP contribution in [0.25, 0.3) is 0 Å². The summed E-state index contributed by atoms with van der Waals surface area (Å²) >= 11 is 0. The third kappa shape index (κ3) is 4.68. The molecule has 1 aromatic rings. The Kier molecular flexibility index (Phi) is 6.46. The van der Waals surface area contributed by atoms with Gasteiger partial charge in [-0.1, -0.05) is 6.92 Å². The summed E-state index contributed by atoms with van der Waals surface area (Å²) in [7, 11) is 1.63. The monoisotopic (exact) mass is 295 g/mol. The van der Waals surface area contributed by atoms with Crippen molar-refractivity contribution in [3.05, 3.63) is 29.6 Å². The van der Waals surface area contributed by atoms with Crippen LogP contribution < -0.4 is 10.1 Å². The van der Waals surface area contributed by atoms with E-state index in [1.807, 2.05) is 0 Å². The first kappa shape index (κ1) is 16.2. The molecule has 1 aromatic carbocycles. The van der Waals surface area contributed by atoms with Gasteiger partial charge in [0, 0.05) is 18.2 Å². The number of benzene rings is 1. The molecule has 0 saturated carbocycles. The lowest BCUT2D eigenvalue weighted by Crippen LogP contribution is -2.29. The fourth-order valence-electron chi connectivity index (χ4n) is 2.87. The summed E-state index contributed by atoms with van der Waals surface area (Å²) in [5.41, 5.74) is 0.889. The van der Waals surface area contributed by atoms with Gasteiger partial charge in [-0.05, 0) is 56.8 Å². The second-order valence-electron chi connectivity index (χ2n) is 5.62. The molecule has 0 radical (unpaired) electrons. The van der Waals surface area contributed by atoms with E-state index in [-0.39, 0.29) is 18.0 Å². The highest BCUT2D eigenvalue weighted by atomic mass is 19.1. The van der Waals surface area contributed by atoms with Gasteiger partial charge in [0.15, 0.2) is 0 Å². The Labute approximate surface area is 126 Å². The van der Waals surface area contributed by atoms with Gasteiger partial charge in [-0.25, -0.2) is 4.39 Å². The fraction of sp³-hybridized carbons (Fsp3) is 0.647. The fourth-order valence-corrected chi connectivity index (χ4v) is 2.87. The van der Waals surface area contributed by atoms with E-state index >= 15 is 0 Å². The molecule has 2 unspecified atom stereocenters. The maximum atomic E-state index is 13.6. The molecule has 118 valence electrons. The Morgan fingerprint density at radius 1 is 1.43 bits per heavy atom. The van der Waals surface area contributed by atoms with Gasteiger partial charge in [0.05, 0.1) is 13.2 Å². The van der Waals surface area contributed by atoms with Gasteiger partial charge in [-0.2, -0.15) is 0 Å². The predicted octanol–water partition coefficient (Wildman–Crippen LogP) is 3.83. The molecule has 21 heavy (non-hydrogen) atoms. The number of halogens is 1. The number of nitrogens with one attached hydrogen (secondary N) is 1. The summed E-state index contributed by atoms with van der Waals surface area (Å²) < 4.78 is 24.9. The van der Waals surface area contributed by atoms with Crippen molar-refractivity contribution in [1.82, 2.24) is 5.32 Å². The highest BCUT2D eigenvalue weighted by Crippen LogP contribution is 2.31. The van der Waals surface area contributed by atoms with Gasteiger partial charge in [0.1, 0.15) is 11.6 Å². The number of hydrogen-bond donors (Lipinski definition) is 1. The van der Waals surface area contributed by atoms with Gasteiger partial charge in [-0.3, -0.25) is 0 Å². The van der Waals surface area contributed by atoms with Crippen LogP contribution >= 0.6 is 0 Å². The predicted molar refractivity (Wildman–Crippen MR) is 82.2 cm³/mol. The molecule has 0 spiro atoms. The van der Waals surface area contributed by atoms with E-state index in [1.165, 1.54) is 12.5 Å². The van der Waals surface area contributed by atoms with Crippen LogP contribution in [0.15, 0.2) is 18.2 Å². The van der Waals surface area contributed by atoms with Gasteiger partial charge < -0.3 is 14.8 Å². The maximum absolute atomic E-state index is 13.6. The second-order valence-corrected chi connectivity index (χ2v) is 5.62. The Hall–Kier alpha value is -1.13. The maximum Gasteiger partial charge on any atom is 0.123 e. The average Bonchev–Trinajstić information content (AvgIpc) is 2.52. The van der Waals surface area contributed by atoms with E-state index in [0.29, 0.717) is 0 Å². The highest BCUT2D eigenvalue weighted by Gasteiger charge is 2.23. The smallest absolute Gasteiger partial charge is 0.123 e. The van der Waals surface area contributed by atoms with Crippen LogP contribution in [0.3, 0.4) is 0 Å². The molecule has 3 nitrogen and oxygen atoms in total. The SMILES string of the molecule is CCCNC(CC1CCCCO1)c1cc(F)ccc1OC. The third-order valence-corrected chi connectivity index (χ3v) is 3.98. The molecule has 1 heterocycles. The molecule has 0 bridgehead atoms. The van der Waals surface area contributed by atoms with Crippen LogP contribution in [0.4, 0.5) is 4.39 Å². The minimum absolute atomic E-state index is 0.0682. The molecule has 1 aliphatic rings. The van der Waals surface area contributed by atoms with Crippen molar-refractivity contribution in [2.45, 2.75) is 51.2 Å². The molecule has 0 amide bonds. The first-order valence-corrected chi connectivity index (χ1v) is 7.93. The quantitative estimate of drug-likeness (QED) is 0.829. The van der Waals surface area contributed by atoms with Crippen LogP contribution in [-0.4, -0.2) is 26.4 Å². The summed E-state index contributed by atoms with van der Waals surface area (Å²) in [6.45, 7) is 3.87. The molecule has 0 aromatic heterocycles. The minimum atomic E-state index is -0.223. The Morgan fingerprint density at radius 3 is 2.95 bits per heavy atom. The summed E-state index contributed by atoms with van der Waals surface area (Å²) in [6.07, 6.45) is 5.60. The molecule has 2 atom stereocenters. The second kappa shape index (κ2) is 8.35. The molecule has 1 saturated heterocycles. The van der Waals surface area contributed by atoms with Gasteiger partial charge >= 0.3 is 0 Å². The van der Waals surface area contributed by atoms with E-state index in [4.69, 9.17) is 9.47 Å². The van der Waals surface area contributed by atoms with Crippen molar-refractivity contribution < 1.29 is 13.9 Å². The summed E-state index contributed by atoms with van der Waals surface area (Å²) in [5, 5.41) is 3.51. The molecular formula is C17H26FNO2. The molecule has 1 aliphatic heterocycles. The number of rotatable bonds is 7. The van der Waals surface area contributed by atoms with Crippen LogP contribution in [0.5, 0.6) is 5.75 Å². The summed E-state index contributed by atoms with van der Waals surface area (Å²) in [6, 6.07) is 4.79. The number of ether oxygens (including phenoxy) is 2. The minimum Gasteiger partial charge on any atom is -0.496 e. The zero-order valence-corrected chi connectivity index (χ0v) is 13.0. The normalized spacial score (nSPS) is 20.2. The van der Waals surface area contributed by atoms with Gasteiger partial charge in [0.2, 0.25) is 0 Å². The van der Waals surface area contributed by atoms with E-state index in [9.17, 15) is 4.39 Å². The number of methoxy groups -OCH3 is 1. The first-order chi connectivity index (χ1) is 10.2. The third-order valence-electron chi connectivity index (χ3n) is 3.98. The average molecular weight is 295 g/mol. The molecular weight excluding hydrogens is 269 g/mol. The van der Waals surface area contributed by atoms with Crippen molar-refractivity contribution in [1.29, 1.82) is 0 Å². The Balaban J connectivity index is 2.15. The van der Waals surface area contributed by atoms with Crippen LogP contribution in [0, 0.1) is 5.82 Å². The highest BCUT2D eigenvalue weighted by molar-refractivity contribution is 5.36. The molecule has 4 heteroatoms. The van der Waals surface area contributed by atoms with Crippen LogP contribution in [0.1, 0.15) is 50.6 Å². The Morgan fingerprint density at radius 2 is 2.29 bits per heavy atom. The molecule has 2 rings (SSSR count). The summed E-state index contributed by atoms with van der Waals surface area (Å²) in [4.78, 5) is 0. The zero-order chi connectivity index (χ0) is 15.1. The van der Waals surface area contributed by atoms with Crippen molar-refractivity contribution >= 4 is 0 Å². The zero-order valence-electron chi connectivity index (χ0n) is 13.0. The van der Waals surface area contributed by atoms with Crippen molar-refractivity contribution in [2.75, 3.05) is 20.3 Å². The van der Waals surface area contributed by atoms with Crippen LogP contribution in [-0.2, 0) is 4.74 Å². The summed E-state index contributed by atoms with van der Waals surface area (Å²) in [5.74, 6) is 0.513. The van der Waals surface area contributed by atoms with Crippen molar-refractivity contribution in [2.24, 2.45) is 0 Å². The van der Waals surface area contributed by atoms with Crippen LogP contribution in [0.2, 0.25) is 0 Å². The standard InChI is InChI=1S/C17H26FNO2/c1-3-9-19-16(12-14-6-4-5-10-21-14)15-11-13(18)7-8-17(15)20-2/h7-8,11,14,16,19H,3-6,9-10,12H2,1-2H3. The van der Waals surface area contributed by atoms with Crippen molar-refractivity contribution in [3.63, 3.8) is 0 Å².